The average molecular weight is 173 g/mol. The largest absolute Gasteiger partial charge is 0.389 e. The van der Waals surface area contributed by atoms with Crippen LogP contribution >= 0.6 is 0 Å². The minimum Gasteiger partial charge on any atom is -0.389 e. The van der Waals surface area contributed by atoms with Gasteiger partial charge in [0, 0.05) is 20.2 Å². The number of hydrogen-bond acceptors (Lipinski definition) is 3. The van der Waals surface area contributed by atoms with Crippen LogP contribution in [-0.4, -0.2) is 47.8 Å². The Morgan fingerprint density at radius 2 is 2.08 bits per heavy atom. The minimum atomic E-state index is -0.764. The summed E-state index contributed by atoms with van der Waals surface area (Å²) in [5.74, 6) is -0.0599. The number of carbonyl (C=O) groups excluding carboxylic acids is 1. The van der Waals surface area contributed by atoms with Gasteiger partial charge in [-0.15, -0.1) is 0 Å². The molecular formula is C8H15NO3. The van der Waals surface area contributed by atoms with E-state index in [0.717, 1.165) is 0 Å². The lowest BCUT2D eigenvalue weighted by molar-refractivity contribution is -0.161. The van der Waals surface area contributed by atoms with E-state index in [9.17, 15) is 4.79 Å². The van der Waals surface area contributed by atoms with Crippen molar-refractivity contribution in [2.45, 2.75) is 25.6 Å². The Kier molecular flexibility index (Phi) is 2.39. The molecule has 1 saturated heterocycles. The Balaban J connectivity index is 2.48. The van der Waals surface area contributed by atoms with Gasteiger partial charge in [-0.2, -0.15) is 0 Å². The van der Waals surface area contributed by atoms with Crippen molar-refractivity contribution in [2.75, 3.05) is 20.2 Å². The van der Waals surface area contributed by atoms with Crippen LogP contribution in [-0.2, 0) is 9.53 Å². The van der Waals surface area contributed by atoms with Crippen LogP contribution in [0.15, 0.2) is 0 Å². The van der Waals surface area contributed by atoms with E-state index >= 15 is 0 Å². The summed E-state index contributed by atoms with van der Waals surface area (Å²) in [5, 5.41) is 8.97. The van der Waals surface area contributed by atoms with E-state index < -0.39 is 5.60 Å². The number of likely N-dealkylation sites (tertiary alicyclic amines) is 1. The first-order chi connectivity index (χ1) is 5.47. The monoisotopic (exact) mass is 173 g/mol. The lowest BCUT2D eigenvalue weighted by Crippen LogP contribution is -2.59. The van der Waals surface area contributed by atoms with Crippen molar-refractivity contribution >= 4 is 5.91 Å². The zero-order valence-electron chi connectivity index (χ0n) is 7.70. The predicted octanol–water partition coefficient (Wildman–Crippen LogP) is -0.385. The number of β-amino-alcohol motifs (C(OH)–C–C–N with tert-alkyl or cyclic N) is 1. The summed E-state index contributed by atoms with van der Waals surface area (Å²) < 4.78 is 5.02. The predicted molar refractivity (Wildman–Crippen MR) is 43.7 cm³/mol. The molecule has 0 aromatic carbocycles. The highest BCUT2D eigenvalue weighted by Crippen LogP contribution is 2.17. The molecule has 0 atom stereocenters. The van der Waals surface area contributed by atoms with Crippen molar-refractivity contribution in [3.8, 4) is 0 Å². The van der Waals surface area contributed by atoms with Crippen LogP contribution in [0, 0.1) is 0 Å². The fraction of sp³-hybridized carbons (Fsp3) is 0.875. The number of ether oxygens (including phenoxy) is 1. The Labute approximate surface area is 72.1 Å². The number of aliphatic hydroxyl groups is 1. The molecule has 0 radical (unpaired) electrons. The van der Waals surface area contributed by atoms with Gasteiger partial charge in [0.25, 0.3) is 5.91 Å². The number of nitrogens with zero attached hydrogens (tertiary/aromatic N) is 1. The van der Waals surface area contributed by atoms with Crippen LogP contribution in [0.2, 0.25) is 0 Å². The van der Waals surface area contributed by atoms with Gasteiger partial charge in [-0.05, 0) is 13.8 Å². The maximum Gasteiger partial charge on any atom is 0.254 e. The van der Waals surface area contributed by atoms with Crippen molar-refractivity contribution in [1.82, 2.24) is 4.90 Å². The van der Waals surface area contributed by atoms with Crippen LogP contribution in [0.1, 0.15) is 13.8 Å². The van der Waals surface area contributed by atoms with E-state index in [2.05, 4.69) is 0 Å². The molecule has 1 heterocycles. The molecule has 0 saturated carbocycles. The Bertz CT molecular complexity index is 185. The number of hydrogen-bond donors (Lipinski definition) is 1. The van der Waals surface area contributed by atoms with Gasteiger partial charge in [0.15, 0.2) is 0 Å². The van der Waals surface area contributed by atoms with E-state index in [0.29, 0.717) is 13.1 Å². The van der Waals surface area contributed by atoms with Gasteiger partial charge < -0.3 is 14.7 Å². The molecule has 1 fully saturated rings. The fourth-order valence-electron chi connectivity index (χ4n) is 1.09. The molecule has 70 valence electrons. The lowest BCUT2D eigenvalue weighted by atomic mass is 10.0. The molecule has 1 aliphatic heterocycles. The summed E-state index contributed by atoms with van der Waals surface area (Å²) in [5.41, 5.74) is -0.764. The van der Waals surface area contributed by atoms with E-state index in [4.69, 9.17) is 9.84 Å². The van der Waals surface area contributed by atoms with Crippen molar-refractivity contribution in [1.29, 1.82) is 0 Å². The van der Waals surface area contributed by atoms with Crippen molar-refractivity contribution in [3.63, 3.8) is 0 Å². The van der Waals surface area contributed by atoms with Crippen LogP contribution in [0.5, 0.6) is 0 Å². The summed E-state index contributed by atoms with van der Waals surface area (Å²) in [6.07, 6.45) is -0.346. The fourth-order valence-corrected chi connectivity index (χ4v) is 1.09. The van der Waals surface area contributed by atoms with Crippen LogP contribution < -0.4 is 0 Å². The summed E-state index contributed by atoms with van der Waals surface area (Å²) in [6, 6.07) is 0. The highest BCUT2D eigenvalue weighted by molar-refractivity contribution is 5.85. The first-order valence-electron chi connectivity index (χ1n) is 4.00. The second-order valence-corrected chi connectivity index (χ2v) is 3.58. The number of carbonyl (C=O) groups is 1. The quantitative estimate of drug-likeness (QED) is 0.619. The molecule has 0 aliphatic carbocycles. The standard InChI is InChI=1S/C8H15NO3/c1-8(2,12-3)7(11)9-4-6(10)5-9/h6,10H,4-5H2,1-3H3. The van der Waals surface area contributed by atoms with Gasteiger partial charge >= 0.3 is 0 Å². The zero-order valence-corrected chi connectivity index (χ0v) is 7.70. The van der Waals surface area contributed by atoms with E-state index in [1.54, 1.807) is 18.7 Å². The summed E-state index contributed by atoms with van der Waals surface area (Å²) in [6.45, 7) is 4.32. The highest BCUT2D eigenvalue weighted by atomic mass is 16.5. The van der Waals surface area contributed by atoms with E-state index in [1.165, 1.54) is 7.11 Å². The smallest absolute Gasteiger partial charge is 0.254 e. The third kappa shape index (κ3) is 1.59. The van der Waals surface area contributed by atoms with Gasteiger partial charge in [0.1, 0.15) is 5.60 Å². The molecule has 0 aromatic rings. The van der Waals surface area contributed by atoms with Crippen LogP contribution in [0.4, 0.5) is 0 Å². The van der Waals surface area contributed by atoms with Crippen LogP contribution in [0.25, 0.3) is 0 Å². The zero-order chi connectivity index (χ0) is 9.35. The van der Waals surface area contributed by atoms with Crippen molar-refractivity contribution < 1.29 is 14.6 Å². The molecule has 4 heteroatoms. The minimum absolute atomic E-state index is 0.0599. The summed E-state index contributed by atoms with van der Waals surface area (Å²) in [4.78, 5) is 13.1. The first kappa shape index (κ1) is 9.48. The van der Waals surface area contributed by atoms with Crippen molar-refractivity contribution in [2.24, 2.45) is 0 Å². The number of aliphatic hydroxyl groups excluding tert-OH is 1. The third-order valence-corrected chi connectivity index (χ3v) is 2.17. The second-order valence-electron chi connectivity index (χ2n) is 3.58. The van der Waals surface area contributed by atoms with Gasteiger partial charge in [-0.25, -0.2) is 0 Å². The second kappa shape index (κ2) is 3.03. The van der Waals surface area contributed by atoms with Crippen molar-refractivity contribution in [3.05, 3.63) is 0 Å². The first-order valence-corrected chi connectivity index (χ1v) is 4.00. The molecular weight excluding hydrogens is 158 g/mol. The maximum atomic E-state index is 11.5. The topological polar surface area (TPSA) is 49.8 Å². The highest BCUT2D eigenvalue weighted by Gasteiger charge is 2.37. The molecule has 4 nitrogen and oxygen atoms in total. The normalized spacial score (nSPS) is 19.2. The van der Waals surface area contributed by atoms with Gasteiger partial charge in [0.2, 0.25) is 0 Å². The lowest BCUT2D eigenvalue weighted by Gasteiger charge is -2.40. The molecule has 1 aliphatic rings. The van der Waals surface area contributed by atoms with Crippen LogP contribution in [0.3, 0.4) is 0 Å². The molecule has 1 N–H and O–H groups in total. The number of methoxy groups -OCH3 is 1. The summed E-state index contributed by atoms with van der Waals surface area (Å²) in [7, 11) is 1.51. The number of amides is 1. The molecule has 12 heavy (non-hydrogen) atoms. The Morgan fingerprint density at radius 1 is 1.58 bits per heavy atom. The molecule has 0 spiro atoms. The summed E-state index contributed by atoms with van der Waals surface area (Å²) >= 11 is 0. The average Bonchev–Trinajstić information content (AvgIpc) is 1.97. The van der Waals surface area contributed by atoms with E-state index in [1.807, 2.05) is 0 Å². The number of rotatable bonds is 2. The van der Waals surface area contributed by atoms with Gasteiger partial charge in [-0.3, -0.25) is 4.79 Å². The Hall–Kier alpha value is -0.610. The Morgan fingerprint density at radius 3 is 2.42 bits per heavy atom. The molecule has 0 bridgehead atoms. The molecule has 0 unspecified atom stereocenters. The maximum absolute atomic E-state index is 11.5. The van der Waals surface area contributed by atoms with Gasteiger partial charge in [-0.1, -0.05) is 0 Å². The third-order valence-electron chi connectivity index (χ3n) is 2.17. The van der Waals surface area contributed by atoms with E-state index in [-0.39, 0.29) is 12.0 Å². The SMILES string of the molecule is COC(C)(C)C(=O)N1CC(O)C1. The molecule has 1 rings (SSSR count). The molecule has 1 amide bonds. The van der Waals surface area contributed by atoms with Gasteiger partial charge in [0.05, 0.1) is 6.10 Å². The molecule has 0 aromatic heterocycles.